The van der Waals surface area contributed by atoms with Crippen LogP contribution in [0.5, 0.6) is 0 Å². The molecule has 0 N–H and O–H groups in total. The number of pyridine rings is 1. The fourth-order valence-corrected chi connectivity index (χ4v) is 3.60. The lowest BCUT2D eigenvalue weighted by atomic mass is 10.0. The Morgan fingerprint density at radius 1 is 1.19 bits per heavy atom. The minimum Gasteiger partial charge on any atom is -0.306 e. The van der Waals surface area contributed by atoms with E-state index in [1.807, 2.05) is 28.8 Å². The van der Waals surface area contributed by atoms with Gasteiger partial charge in [-0.25, -0.2) is 4.98 Å². The zero-order chi connectivity index (χ0) is 19.2. The zero-order valence-corrected chi connectivity index (χ0v) is 15.4. The van der Waals surface area contributed by atoms with Crippen molar-refractivity contribution >= 4 is 39.0 Å². The molecule has 0 unspecified atom stereocenters. The highest BCUT2D eigenvalue weighted by Crippen LogP contribution is 2.39. The molecule has 0 saturated carbocycles. The molecular formula is C20H12BrF3N2O. The maximum atomic E-state index is 13.1. The Bertz CT molecular complexity index is 1090. The van der Waals surface area contributed by atoms with E-state index in [-0.39, 0.29) is 12.0 Å². The van der Waals surface area contributed by atoms with Crippen LogP contribution in [0.1, 0.15) is 16.8 Å². The largest absolute Gasteiger partial charge is 0.454 e. The molecule has 2 heterocycles. The highest BCUT2D eigenvalue weighted by molar-refractivity contribution is 9.10. The second-order valence-corrected chi connectivity index (χ2v) is 7.09. The number of carbonyl (C=O) groups is 1. The van der Waals surface area contributed by atoms with Crippen molar-refractivity contribution in [2.75, 3.05) is 0 Å². The Morgan fingerprint density at radius 2 is 2.00 bits per heavy atom. The van der Waals surface area contributed by atoms with Crippen molar-refractivity contribution in [3.05, 3.63) is 81.7 Å². The van der Waals surface area contributed by atoms with Crippen LogP contribution in [0.15, 0.2) is 64.9 Å². The van der Waals surface area contributed by atoms with Crippen LogP contribution in [0, 0.1) is 0 Å². The molecule has 4 rings (SSSR count). The molecule has 0 spiro atoms. The van der Waals surface area contributed by atoms with Gasteiger partial charge in [0.1, 0.15) is 5.65 Å². The first-order valence-corrected chi connectivity index (χ1v) is 8.87. The van der Waals surface area contributed by atoms with Crippen molar-refractivity contribution < 1.29 is 18.0 Å². The fraction of sp³-hybridized carbons (Fsp3) is 0.100. The average Bonchev–Trinajstić information content (AvgIpc) is 3.18. The van der Waals surface area contributed by atoms with Crippen LogP contribution in [0.4, 0.5) is 13.2 Å². The number of hydrogen-bond donors (Lipinski definition) is 0. The van der Waals surface area contributed by atoms with Crippen LogP contribution in [-0.4, -0.2) is 21.3 Å². The summed E-state index contributed by atoms with van der Waals surface area (Å²) in [5.74, 6) is -1.82. The van der Waals surface area contributed by atoms with Crippen molar-refractivity contribution in [1.29, 1.82) is 0 Å². The van der Waals surface area contributed by atoms with Crippen molar-refractivity contribution in [3.8, 4) is 0 Å². The maximum Gasteiger partial charge on any atom is 0.454 e. The number of Topliss-reactive ketones (excluding diaryl/α,β-unsaturated/α-hetero) is 1. The molecule has 1 aliphatic rings. The molecule has 7 heteroatoms. The van der Waals surface area contributed by atoms with Crippen molar-refractivity contribution in [2.45, 2.75) is 12.6 Å². The van der Waals surface area contributed by atoms with Gasteiger partial charge >= 0.3 is 6.18 Å². The van der Waals surface area contributed by atoms with Gasteiger partial charge < -0.3 is 4.40 Å². The van der Waals surface area contributed by atoms with Crippen LogP contribution >= 0.6 is 15.9 Å². The standard InChI is InChI=1S/C20H12BrF3N2O/c21-14-5-7-16-13(10-14)9-12(18(16)19(27)20(22,23)24)4-6-15-11-26-8-2-1-3-17(26)25-15/h1-8,10-11H,9H2/b6-4+. The summed E-state index contributed by atoms with van der Waals surface area (Å²) in [6.45, 7) is 0. The molecular weight excluding hydrogens is 421 g/mol. The highest BCUT2D eigenvalue weighted by Gasteiger charge is 2.43. The van der Waals surface area contributed by atoms with Crippen LogP contribution in [0.25, 0.3) is 17.3 Å². The number of aromatic nitrogens is 2. The molecule has 0 atom stereocenters. The van der Waals surface area contributed by atoms with Gasteiger partial charge in [-0.05, 0) is 53.5 Å². The Kier molecular flexibility index (Phi) is 4.26. The number of imidazole rings is 1. The summed E-state index contributed by atoms with van der Waals surface area (Å²) < 4.78 is 41.9. The third-order valence-electron chi connectivity index (χ3n) is 4.36. The normalized spacial score (nSPS) is 14.4. The van der Waals surface area contributed by atoms with Gasteiger partial charge in [0.2, 0.25) is 0 Å². The van der Waals surface area contributed by atoms with E-state index < -0.39 is 12.0 Å². The van der Waals surface area contributed by atoms with Crippen LogP contribution in [0.2, 0.25) is 0 Å². The topological polar surface area (TPSA) is 34.4 Å². The molecule has 3 aromatic rings. The van der Waals surface area contributed by atoms with Gasteiger partial charge in [0, 0.05) is 22.4 Å². The third-order valence-corrected chi connectivity index (χ3v) is 4.85. The minimum absolute atomic E-state index is 0.260. The van der Waals surface area contributed by atoms with Gasteiger partial charge in [0.15, 0.2) is 0 Å². The lowest BCUT2D eigenvalue weighted by molar-refractivity contribution is -0.164. The van der Waals surface area contributed by atoms with E-state index in [9.17, 15) is 18.0 Å². The summed E-state index contributed by atoms with van der Waals surface area (Å²) in [4.78, 5) is 16.4. The molecule has 0 fully saturated rings. The predicted octanol–water partition coefficient (Wildman–Crippen LogP) is 5.25. The molecule has 2 aromatic heterocycles. The third kappa shape index (κ3) is 3.35. The molecule has 0 saturated heterocycles. The Balaban J connectivity index is 1.77. The first-order chi connectivity index (χ1) is 12.8. The fourth-order valence-electron chi connectivity index (χ4n) is 3.19. The van der Waals surface area contributed by atoms with Crippen LogP contribution in [0.3, 0.4) is 0 Å². The Hall–Kier alpha value is -2.67. The number of fused-ring (bicyclic) bond motifs is 2. The Morgan fingerprint density at radius 3 is 2.74 bits per heavy atom. The number of allylic oxidation sites excluding steroid dienone is 3. The molecule has 0 amide bonds. The summed E-state index contributed by atoms with van der Waals surface area (Å²) in [7, 11) is 0. The van der Waals surface area contributed by atoms with Crippen molar-refractivity contribution in [1.82, 2.24) is 9.38 Å². The molecule has 1 aliphatic carbocycles. The highest BCUT2D eigenvalue weighted by atomic mass is 79.9. The van der Waals surface area contributed by atoms with Crippen LogP contribution < -0.4 is 0 Å². The maximum absolute atomic E-state index is 13.1. The number of benzene rings is 1. The number of carbonyl (C=O) groups excluding carboxylic acids is 1. The second-order valence-electron chi connectivity index (χ2n) is 6.17. The van der Waals surface area contributed by atoms with Gasteiger partial charge in [0.05, 0.1) is 5.69 Å². The number of ketones is 1. The lowest BCUT2D eigenvalue weighted by Crippen LogP contribution is -2.24. The molecule has 3 nitrogen and oxygen atoms in total. The zero-order valence-electron chi connectivity index (χ0n) is 13.8. The summed E-state index contributed by atoms with van der Waals surface area (Å²) >= 11 is 3.32. The summed E-state index contributed by atoms with van der Waals surface area (Å²) in [5, 5.41) is 0. The molecule has 27 heavy (non-hydrogen) atoms. The number of halogens is 4. The monoisotopic (exact) mass is 432 g/mol. The predicted molar refractivity (Wildman–Crippen MR) is 100 cm³/mol. The van der Waals surface area contributed by atoms with E-state index in [1.54, 1.807) is 36.5 Å². The number of alkyl halides is 3. The average molecular weight is 433 g/mol. The summed E-state index contributed by atoms with van der Waals surface area (Å²) in [6.07, 6.45) is 2.13. The van der Waals surface area contributed by atoms with Gasteiger partial charge in [-0.1, -0.05) is 34.1 Å². The molecule has 136 valence electrons. The lowest BCUT2D eigenvalue weighted by Gasteiger charge is -2.09. The van der Waals surface area contributed by atoms with E-state index >= 15 is 0 Å². The number of nitrogens with zero attached hydrogens (tertiary/aromatic N) is 2. The van der Waals surface area contributed by atoms with E-state index in [0.717, 1.165) is 10.1 Å². The van der Waals surface area contributed by atoms with Crippen LogP contribution in [-0.2, 0) is 11.2 Å². The van der Waals surface area contributed by atoms with Gasteiger partial charge in [-0.15, -0.1) is 0 Å². The van der Waals surface area contributed by atoms with Crippen molar-refractivity contribution in [2.24, 2.45) is 0 Å². The first-order valence-electron chi connectivity index (χ1n) is 8.08. The van der Waals surface area contributed by atoms with E-state index in [0.29, 0.717) is 22.4 Å². The Labute approximate surface area is 161 Å². The SMILES string of the molecule is O=C(C1=C(/C=C/c2cn3ccccc3n2)Cc2cc(Br)ccc21)C(F)(F)F. The summed E-state index contributed by atoms with van der Waals surface area (Å²) in [5.41, 5.74) is 2.40. The number of rotatable bonds is 3. The number of hydrogen-bond acceptors (Lipinski definition) is 2. The van der Waals surface area contributed by atoms with E-state index in [2.05, 4.69) is 20.9 Å². The van der Waals surface area contributed by atoms with E-state index in [1.165, 1.54) is 0 Å². The molecule has 0 aliphatic heterocycles. The summed E-state index contributed by atoms with van der Waals surface area (Å²) in [6, 6.07) is 10.5. The van der Waals surface area contributed by atoms with E-state index in [4.69, 9.17) is 0 Å². The molecule has 1 aromatic carbocycles. The minimum atomic E-state index is -4.92. The quantitative estimate of drug-likeness (QED) is 0.566. The smallest absolute Gasteiger partial charge is 0.306 e. The van der Waals surface area contributed by atoms with Gasteiger partial charge in [-0.2, -0.15) is 13.2 Å². The molecule has 0 radical (unpaired) electrons. The van der Waals surface area contributed by atoms with Gasteiger partial charge in [-0.3, -0.25) is 4.79 Å². The first kappa shape index (κ1) is 17.7. The van der Waals surface area contributed by atoms with Gasteiger partial charge in [0.25, 0.3) is 5.78 Å². The van der Waals surface area contributed by atoms with Crippen molar-refractivity contribution in [3.63, 3.8) is 0 Å². The second kappa shape index (κ2) is 6.49. The molecule has 0 bridgehead atoms.